The molecule has 0 aliphatic carbocycles. The molecule has 2 aromatic carbocycles. The molecule has 0 saturated heterocycles. The molecule has 7 heteroatoms. The van der Waals surface area contributed by atoms with Crippen molar-refractivity contribution in [2.75, 3.05) is 5.32 Å². The summed E-state index contributed by atoms with van der Waals surface area (Å²) in [4.78, 5) is 21.4. The van der Waals surface area contributed by atoms with Gasteiger partial charge in [0, 0.05) is 23.0 Å². The van der Waals surface area contributed by atoms with Crippen molar-refractivity contribution in [3.05, 3.63) is 88.5 Å². The molecule has 1 amide bonds. The van der Waals surface area contributed by atoms with E-state index >= 15 is 0 Å². The highest BCUT2D eigenvalue weighted by molar-refractivity contribution is 6.04. The zero-order valence-corrected chi connectivity index (χ0v) is 19.5. The highest BCUT2D eigenvalue weighted by Crippen LogP contribution is 2.24. The van der Waals surface area contributed by atoms with Gasteiger partial charge in [-0.2, -0.15) is 10.1 Å². The number of hydrogen-bond acceptors (Lipinski definition) is 5. The van der Waals surface area contributed by atoms with Crippen LogP contribution in [-0.4, -0.2) is 25.7 Å². The summed E-state index contributed by atoms with van der Waals surface area (Å²) in [5.41, 5.74) is 5.63. The molecule has 4 aromatic rings. The first kappa shape index (κ1) is 22.2. The number of ether oxygens (including phenoxy) is 1. The standard InChI is InChI=1S/C26H27N5O2/c1-6-20-7-9-21(10-8-20)26(32)29-22-11-13-23(14-12-22)33-25-15-24(27-19(5)28-25)31-18(4)16(2)17(3)30-31/h7-15H,6H2,1-5H3,(H,29,32). The smallest absolute Gasteiger partial charge is 0.255 e. The second-order valence-electron chi connectivity index (χ2n) is 7.95. The maximum absolute atomic E-state index is 12.5. The van der Waals surface area contributed by atoms with Crippen molar-refractivity contribution in [2.24, 2.45) is 0 Å². The Morgan fingerprint density at radius 1 is 0.970 bits per heavy atom. The van der Waals surface area contributed by atoms with Crippen LogP contribution < -0.4 is 10.1 Å². The molecule has 7 nitrogen and oxygen atoms in total. The van der Waals surface area contributed by atoms with Crippen LogP contribution in [0.25, 0.3) is 5.82 Å². The first-order valence-corrected chi connectivity index (χ1v) is 10.9. The molecule has 168 valence electrons. The number of carbonyl (C=O) groups excluding carboxylic acids is 1. The first-order valence-electron chi connectivity index (χ1n) is 10.9. The van der Waals surface area contributed by atoms with Gasteiger partial charge < -0.3 is 10.1 Å². The number of benzene rings is 2. The summed E-state index contributed by atoms with van der Waals surface area (Å²) in [6.07, 6.45) is 0.942. The van der Waals surface area contributed by atoms with Gasteiger partial charge in [-0.25, -0.2) is 9.67 Å². The second-order valence-corrected chi connectivity index (χ2v) is 7.95. The van der Waals surface area contributed by atoms with E-state index in [-0.39, 0.29) is 5.91 Å². The van der Waals surface area contributed by atoms with E-state index in [1.807, 2.05) is 52.0 Å². The summed E-state index contributed by atoms with van der Waals surface area (Å²) in [6, 6.07) is 16.6. The quantitative estimate of drug-likeness (QED) is 0.427. The number of hydrogen-bond donors (Lipinski definition) is 1. The summed E-state index contributed by atoms with van der Waals surface area (Å²) in [5.74, 6) is 2.13. The fraction of sp³-hybridized carbons (Fsp3) is 0.231. The molecule has 0 fully saturated rings. The van der Waals surface area contributed by atoms with Crippen molar-refractivity contribution in [1.29, 1.82) is 0 Å². The van der Waals surface area contributed by atoms with Crippen LogP contribution in [0.2, 0.25) is 0 Å². The van der Waals surface area contributed by atoms with E-state index in [1.54, 1.807) is 35.0 Å². The van der Waals surface area contributed by atoms with Gasteiger partial charge in [-0.05, 0) is 81.6 Å². The lowest BCUT2D eigenvalue weighted by atomic mass is 10.1. The SMILES string of the molecule is CCc1ccc(C(=O)Nc2ccc(Oc3cc(-n4nc(C)c(C)c4C)nc(C)n3)cc2)cc1. The van der Waals surface area contributed by atoms with Crippen LogP contribution in [0, 0.1) is 27.7 Å². The third-order valence-corrected chi connectivity index (χ3v) is 5.63. The Bertz CT molecular complexity index is 1290. The van der Waals surface area contributed by atoms with Crippen LogP contribution in [0.1, 0.15) is 45.6 Å². The second kappa shape index (κ2) is 9.24. The topological polar surface area (TPSA) is 81.9 Å². The van der Waals surface area contributed by atoms with Crippen molar-refractivity contribution in [3.63, 3.8) is 0 Å². The van der Waals surface area contributed by atoms with Gasteiger partial charge in [0.05, 0.1) is 5.69 Å². The highest BCUT2D eigenvalue weighted by Gasteiger charge is 2.13. The van der Waals surface area contributed by atoms with E-state index in [9.17, 15) is 4.79 Å². The Balaban J connectivity index is 1.48. The lowest BCUT2D eigenvalue weighted by Gasteiger charge is -2.10. The largest absolute Gasteiger partial charge is 0.439 e. The van der Waals surface area contributed by atoms with Gasteiger partial charge >= 0.3 is 0 Å². The van der Waals surface area contributed by atoms with Crippen molar-refractivity contribution in [3.8, 4) is 17.4 Å². The lowest BCUT2D eigenvalue weighted by Crippen LogP contribution is -2.11. The minimum absolute atomic E-state index is 0.150. The van der Waals surface area contributed by atoms with Crippen LogP contribution in [0.3, 0.4) is 0 Å². The summed E-state index contributed by atoms with van der Waals surface area (Å²) in [5, 5.41) is 7.48. The van der Waals surface area contributed by atoms with E-state index in [4.69, 9.17) is 4.74 Å². The number of carbonyl (C=O) groups is 1. The number of aryl methyl sites for hydroxylation is 3. The van der Waals surface area contributed by atoms with Crippen LogP contribution in [0.15, 0.2) is 54.6 Å². The van der Waals surface area contributed by atoms with Gasteiger partial charge in [-0.1, -0.05) is 19.1 Å². The molecule has 0 spiro atoms. The fourth-order valence-electron chi connectivity index (χ4n) is 3.45. The molecule has 0 bridgehead atoms. The molecule has 0 saturated carbocycles. The molecular formula is C26H27N5O2. The lowest BCUT2D eigenvalue weighted by molar-refractivity contribution is 0.102. The van der Waals surface area contributed by atoms with Gasteiger partial charge in [0.25, 0.3) is 5.91 Å². The highest BCUT2D eigenvalue weighted by atomic mass is 16.5. The number of amides is 1. The maximum Gasteiger partial charge on any atom is 0.255 e. The zero-order chi connectivity index (χ0) is 23.5. The monoisotopic (exact) mass is 441 g/mol. The Hall–Kier alpha value is -4.00. The van der Waals surface area contributed by atoms with Crippen molar-refractivity contribution >= 4 is 11.6 Å². The van der Waals surface area contributed by atoms with E-state index in [0.29, 0.717) is 34.5 Å². The summed E-state index contributed by atoms with van der Waals surface area (Å²) < 4.78 is 7.77. The Morgan fingerprint density at radius 3 is 2.27 bits per heavy atom. The zero-order valence-electron chi connectivity index (χ0n) is 19.5. The van der Waals surface area contributed by atoms with Gasteiger partial charge in [0.2, 0.25) is 5.88 Å². The molecule has 0 aliphatic rings. The molecule has 4 rings (SSSR count). The Morgan fingerprint density at radius 2 is 1.67 bits per heavy atom. The van der Waals surface area contributed by atoms with E-state index in [1.165, 1.54) is 5.56 Å². The van der Waals surface area contributed by atoms with Crippen molar-refractivity contribution in [1.82, 2.24) is 19.7 Å². The average Bonchev–Trinajstić information content (AvgIpc) is 3.07. The third kappa shape index (κ3) is 4.92. The number of anilines is 1. The van der Waals surface area contributed by atoms with Crippen LogP contribution in [0.5, 0.6) is 11.6 Å². The molecule has 2 heterocycles. The number of rotatable bonds is 6. The minimum Gasteiger partial charge on any atom is -0.439 e. The summed E-state index contributed by atoms with van der Waals surface area (Å²) >= 11 is 0. The molecule has 0 atom stereocenters. The average molecular weight is 442 g/mol. The first-order chi connectivity index (χ1) is 15.8. The van der Waals surface area contributed by atoms with Gasteiger partial charge in [-0.15, -0.1) is 0 Å². The number of nitrogens with one attached hydrogen (secondary N) is 1. The van der Waals surface area contributed by atoms with Gasteiger partial charge in [0.15, 0.2) is 5.82 Å². The van der Waals surface area contributed by atoms with Crippen molar-refractivity contribution < 1.29 is 9.53 Å². The third-order valence-electron chi connectivity index (χ3n) is 5.63. The van der Waals surface area contributed by atoms with Gasteiger partial charge in [0.1, 0.15) is 11.6 Å². The predicted molar refractivity (Wildman–Crippen MR) is 128 cm³/mol. The van der Waals surface area contributed by atoms with Crippen LogP contribution in [0.4, 0.5) is 5.69 Å². The van der Waals surface area contributed by atoms with E-state index in [0.717, 1.165) is 23.4 Å². The molecule has 33 heavy (non-hydrogen) atoms. The molecular weight excluding hydrogens is 414 g/mol. The fourth-order valence-corrected chi connectivity index (χ4v) is 3.45. The Kier molecular flexibility index (Phi) is 6.22. The molecule has 2 aromatic heterocycles. The summed E-state index contributed by atoms with van der Waals surface area (Å²) in [6.45, 7) is 9.94. The molecule has 0 unspecified atom stereocenters. The van der Waals surface area contributed by atoms with Crippen molar-refractivity contribution in [2.45, 2.75) is 41.0 Å². The Labute approximate surface area is 193 Å². The van der Waals surface area contributed by atoms with Crippen LogP contribution >= 0.6 is 0 Å². The molecule has 0 aliphatic heterocycles. The van der Waals surface area contributed by atoms with Gasteiger partial charge in [-0.3, -0.25) is 4.79 Å². The number of nitrogens with zero attached hydrogens (tertiary/aromatic N) is 4. The maximum atomic E-state index is 12.5. The molecule has 1 N–H and O–H groups in total. The van der Waals surface area contributed by atoms with E-state index < -0.39 is 0 Å². The summed E-state index contributed by atoms with van der Waals surface area (Å²) in [7, 11) is 0. The minimum atomic E-state index is -0.150. The van der Waals surface area contributed by atoms with E-state index in [2.05, 4.69) is 27.3 Å². The van der Waals surface area contributed by atoms with Crippen LogP contribution in [-0.2, 0) is 6.42 Å². The predicted octanol–water partition coefficient (Wildman–Crippen LogP) is 5.50. The number of aromatic nitrogens is 4. The normalized spacial score (nSPS) is 10.8. The molecule has 0 radical (unpaired) electrons.